The van der Waals surface area contributed by atoms with Crippen LogP contribution in [-0.2, 0) is 0 Å². The highest BCUT2D eigenvalue weighted by Crippen LogP contribution is 2.36. The second kappa shape index (κ2) is 6.15. The summed E-state index contributed by atoms with van der Waals surface area (Å²) in [4.78, 5) is 7.45. The Hall–Kier alpha value is -0.730. The second-order valence-electron chi connectivity index (χ2n) is 6.70. The standard InChI is InChI=1S/C16H29N3/c1-2-17-16(18-10-13-6-5-7-13)19-11-14-8-3-4-9-15(14)12-19/h13-15H,2-12H2,1H3,(H,17,18). The lowest BCUT2D eigenvalue weighted by Crippen LogP contribution is -2.40. The molecule has 19 heavy (non-hydrogen) atoms. The summed E-state index contributed by atoms with van der Waals surface area (Å²) in [5.74, 6) is 3.96. The number of nitrogens with one attached hydrogen (secondary N) is 1. The van der Waals surface area contributed by atoms with E-state index in [1.807, 2.05) is 0 Å². The minimum atomic E-state index is 0.874. The lowest BCUT2D eigenvalue weighted by atomic mass is 9.82. The Morgan fingerprint density at radius 1 is 1.05 bits per heavy atom. The number of likely N-dealkylation sites (tertiary alicyclic amines) is 1. The van der Waals surface area contributed by atoms with Crippen LogP contribution in [-0.4, -0.2) is 37.0 Å². The number of hydrogen-bond donors (Lipinski definition) is 1. The third-order valence-corrected chi connectivity index (χ3v) is 5.33. The van der Waals surface area contributed by atoms with Crippen LogP contribution in [0.2, 0.25) is 0 Å². The van der Waals surface area contributed by atoms with Crippen molar-refractivity contribution in [3.63, 3.8) is 0 Å². The van der Waals surface area contributed by atoms with Crippen LogP contribution in [0.3, 0.4) is 0 Å². The first-order valence-corrected chi connectivity index (χ1v) is 8.40. The van der Waals surface area contributed by atoms with Gasteiger partial charge in [0.2, 0.25) is 0 Å². The van der Waals surface area contributed by atoms with Gasteiger partial charge in [-0.2, -0.15) is 0 Å². The van der Waals surface area contributed by atoms with Crippen LogP contribution in [0, 0.1) is 17.8 Å². The van der Waals surface area contributed by atoms with Gasteiger partial charge in [0.15, 0.2) is 5.96 Å². The van der Waals surface area contributed by atoms with E-state index in [4.69, 9.17) is 4.99 Å². The van der Waals surface area contributed by atoms with Crippen molar-refractivity contribution in [2.45, 2.75) is 51.9 Å². The van der Waals surface area contributed by atoms with Crippen molar-refractivity contribution in [1.29, 1.82) is 0 Å². The first-order chi connectivity index (χ1) is 9.36. The molecule has 1 N–H and O–H groups in total. The largest absolute Gasteiger partial charge is 0.357 e. The third-order valence-electron chi connectivity index (χ3n) is 5.33. The average Bonchev–Trinajstić information content (AvgIpc) is 2.79. The van der Waals surface area contributed by atoms with Crippen molar-refractivity contribution in [2.24, 2.45) is 22.7 Å². The average molecular weight is 263 g/mol. The smallest absolute Gasteiger partial charge is 0.193 e. The Morgan fingerprint density at radius 2 is 1.74 bits per heavy atom. The predicted octanol–water partition coefficient (Wildman–Crippen LogP) is 2.87. The summed E-state index contributed by atoms with van der Waals surface area (Å²) >= 11 is 0. The van der Waals surface area contributed by atoms with Gasteiger partial charge in [0.1, 0.15) is 0 Å². The molecule has 2 saturated carbocycles. The van der Waals surface area contributed by atoms with E-state index < -0.39 is 0 Å². The van der Waals surface area contributed by atoms with Gasteiger partial charge in [-0.25, -0.2) is 0 Å². The summed E-state index contributed by atoms with van der Waals surface area (Å²) in [6.07, 6.45) is 10.0. The molecule has 2 unspecified atom stereocenters. The normalized spacial score (nSPS) is 32.1. The highest BCUT2D eigenvalue weighted by molar-refractivity contribution is 5.80. The summed E-state index contributed by atoms with van der Waals surface area (Å²) in [7, 11) is 0. The lowest BCUT2D eigenvalue weighted by Gasteiger charge is -2.26. The molecule has 3 nitrogen and oxygen atoms in total. The van der Waals surface area contributed by atoms with Gasteiger partial charge in [-0.3, -0.25) is 4.99 Å². The highest BCUT2D eigenvalue weighted by Gasteiger charge is 2.35. The van der Waals surface area contributed by atoms with Gasteiger partial charge >= 0.3 is 0 Å². The maximum absolute atomic E-state index is 4.91. The molecule has 0 aromatic heterocycles. The molecule has 1 aliphatic heterocycles. The molecule has 0 radical (unpaired) electrons. The number of fused-ring (bicyclic) bond motifs is 1. The third kappa shape index (κ3) is 3.06. The van der Waals surface area contributed by atoms with Crippen LogP contribution in [0.15, 0.2) is 4.99 Å². The molecule has 2 aliphatic carbocycles. The number of nitrogens with zero attached hydrogens (tertiary/aromatic N) is 2. The van der Waals surface area contributed by atoms with Gasteiger partial charge in [-0.1, -0.05) is 19.3 Å². The molecule has 0 aromatic rings. The highest BCUT2D eigenvalue weighted by atomic mass is 15.3. The Morgan fingerprint density at radius 3 is 2.26 bits per heavy atom. The van der Waals surface area contributed by atoms with E-state index in [1.54, 1.807) is 0 Å². The quantitative estimate of drug-likeness (QED) is 0.626. The maximum atomic E-state index is 4.91. The molecular formula is C16H29N3. The molecule has 3 fully saturated rings. The van der Waals surface area contributed by atoms with Crippen LogP contribution in [0.1, 0.15) is 51.9 Å². The van der Waals surface area contributed by atoms with Crippen LogP contribution < -0.4 is 5.32 Å². The zero-order chi connectivity index (χ0) is 13.1. The van der Waals surface area contributed by atoms with Crippen LogP contribution in [0.25, 0.3) is 0 Å². The lowest BCUT2D eigenvalue weighted by molar-refractivity contribution is 0.299. The molecule has 0 amide bonds. The predicted molar refractivity (Wildman–Crippen MR) is 80.3 cm³/mol. The molecule has 3 aliphatic rings. The maximum Gasteiger partial charge on any atom is 0.193 e. The number of guanidine groups is 1. The van der Waals surface area contributed by atoms with E-state index in [2.05, 4.69) is 17.1 Å². The van der Waals surface area contributed by atoms with E-state index in [0.29, 0.717) is 0 Å². The first-order valence-electron chi connectivity index (χ1n) is 8.40. The van der Waals surface area contributed by atoms with Crippen molar-refractivity contribution in [3.05, 3.63) is 0 Å². The van der Waals surface area contributed by atoms with E-state index in [0.717, 1.165) is 30.8 Å². The van der Waals surface area contributed by atoms with Gasteiger partial charge < -0.3 is 10.2 Å². The van der Waals surface area contributed by atoms with Crippen molar-refractivity contribution in [2.75, 3.05) is 26.2 Å². The van der Waals surface area contributed by atoms with E-state index >= 15 is 0 Å². The molecule has 0 bridgehead atoms. The van der Waals surface area contributed by atoms with Gasteiger partial charge in [-0.05, 0) is 50.4 Å². The molecule has 108 valence electrons. The summed E-state index contributed by atoms with van der Waals surface area (Å²) < 4.78 is 0. The molecular weight excluding hydrogens is 234 g/mol. The van der Waals surface area contributed by atoms with Crippen LogP contribution in [0.4, 0.5) is 0 Å². The fraction of sp³-hybridized carbons (Fsp3) is 0.938. The molecule has 0 aromatic carbocycles. The first kappa shape index (κ1) is 13.3. The summed E-state index contributed by atoms with van der Waals surface area (Å²) in [6, 6.07) is 0. The fourth-order valence-corrected chi connectivity index (χ4v) is 3.90. The topological polar surface area (TPSA) is 27.6 Å². The molecule has 1 heterocycles. The summed E-state index contributed by atoms with van der Waals surface area (Å²) in [5, 5.41) is 3.51. The Balaban J connectivity index is 1.59. The Labute approximate surface area is 117 Å². The molecule has 3 heteroatoms. The van der Waals surface area contributed by atoms with Crippen molar-refractivity contribution in [3.8, 4) is 0 Å². The van der Waals surface area contributed by atoms with Gasteiger partial charge in [0, 0.05) is 26.2 Å². The fourth-order valence-electron chi connectivity index (χ4n) is 3.90. The summed E-state index contributed by atoms with van der Waals surface area (Å²) in [6.45, 7) is 6.73. The van der Waals surface area contributed by atoms with Gasteiger partial charge in [0.25, 0.3) is 0 Å². The van der Waals surface area contributed by atoms with E-state index in [9.17, 15) is 0 Å². The number of hydrogen-bond acceptors (Lipinski definition) is 1. The van der Waals surface area contributed by atoms with Crippen molar-refractivity contribution < 1.29 is 0 Å². The zero-order valence-electron chi connectivity index (χ0n) is 12.4. The summed E-state index contributed by atoms with van der Waals surface area (Å²) in [5.41, 5.74) is 0. The van der Waals surface area contributed by atoms with E-state index in [-0.39, 0.29) is 0 Å². The number of aliphatic imine (C=N–C) groups is 1. The molecule has 2 atom stereocenters. The van der Waals surface area contributed by atoms with Crippen LogP contribution in [0.5, 0.6) is 0 Å². The van der Waals surface area contributed by atoms with Crippen LogP contribution >= 0.6 is 0 Å². The minimum Gasteiger partial charge on any atom is -0.357 e. The van der Waals surface area contributed by atoms with Gasteiger partial charge in [0.05, 0.1) is 0 Å². The van der Waals surface area contributed by atoms with Crippen molar-refractivity contribution in [1.82, 2.24) is 10.2 Å². The SMILES string of the molecule is CCNC(=NCC1CCC1)N1CC2CCCCC2C1. The van der Waals surface area contributed by atoms with Crippen molar-refractivity contribution >= 4 is 5.96 Å². The molecule has 0 spiro atoms. The zero-order valence-corrected chi connectivity index (χ0v) is 12.4. The van der Waals surface area contributed by atoms with E-state index in [1.165, 1.54) is 64.0 Å². The van der Waals surface area contributed by atoms with Gasteiger partial charge in [-0.15, -0.1) is 0 Å². The molecule has 3 rings (SSSR count). The second-order valence-corrected chi connectivity index (χ2v) is 6.70. The molecule has 1 saturated heterocycles. The monoisotopic (exact) mass is 263 g/mol. The Bertz CT molecular complexity index is 308. The Kier molecular flexibility index (Phi) is 4.29. The number of rotatable bonds is 3. The minimum absolute atomic E-state index is 0.874.